The Morgan fingerprint density at radius 1 is 1.24 bits per heavy atom. The number of tetrazole rings is 1. The first kappa shape index (κ1) is 27.9. The highest BCUT2D eigenvalue weighted by molar-refractivity contribution is 5.83. The summed E-state index contributed by atoms with van der Waals surface area (Å²) in [6.07, 6.45) is 7.65. The summed E-state index contributed by atoms with van der Waals surface area (Å²) in [6.45, 7) is 16.1. The Morgan fingerprint density at radius 3 is 2.59 bits per heavy atom. The second-order valence-electron chi connectivity index (χ2n) is 10.1. The van der Waals surface area contributed by atoms with E-state index in [2.05, 4.69) is 40.9 Å². The van der Waals surface area contributed by atoms with E-state index in [-0.39, 0.29) is 12.1 Å². The number of aromatic nitrogens is 4. The van der Waals surface area contributed by atoms with Crippen LogP contribution in [0.2, 0.25) is 0 Å². The van der Waals surface area contributed by atoms with Crippen molar-refractivity contribution in [3.8, 4) is 5.69 Å². The van der Waals surface area contributed by atoms with Crippen molar-refractivity contribution < 1.29 is 14.3 Å². The molecule has 1 atom stereocenters. The van der Waals surface area contributed by atoms with Crippen LogP contribution in [0.1, 0.15) is 59.4 Å². The first-order valence-corrected chi connectivity index (χ1v) is 12.8. The minimum atomic E-state index is -0.506. The van der Waals surface area contributed by atoms with E-state index >= 15 is 0 Å². The number of nitrogens with zero attached hydrogens (tertiary/aromatic N) is 7. The molecule has 2 aromatic rings. The molecule has 1 aromatic heterocycles. The molecule has 1 aliphatic rings. The van der Waals surface area contributed by atoms with Crippen molar-refractivity contribution in [2.45, 2.75) is 72.1 Å². The van der Waals surface area contributed by atoms with Gasteiger partial charge in [0.1, 0.15) is 30.1 Å². The fourth-order valence-corrected chi connectivity index (χ4v) is 3.93. The number of aliphatic imine (C=N–C) groups is 1. The van der Waals surface area contributed by atoms with Gasteiger partial charge >= 0.3 is 6.09 Å². The number of hydrogen-bond acceptors (Lipinski definition) is 7. The maximum absolute atomic E-state index is 12.5. The summed E-state index contributed by atoms with van der Waals surface area (Å²) >= 11 is 0. The summed E-state index contributed by atoms with van der Waals surface area (Å²) in [6, 6.07) is 7.94. The smallest absolute Gasteiger partial charge is 0.410 e. The van der Waals surface area contributed by atoms with Crippen molar-refractivity contribution in [3.63, 3.8) is 0 Å². The average Bonchev–Trinajstić information content (AvgIpc) is 3.40. The van der Waals surface area contributed by atoms with Gasteiger partial charge in [-0.15, -0.1) is 5.10 Å². The molecule has 1 aromatic carbocycles. The number of carbonyl (C=O) groups is 1. The van der Waals surface area contributed by atoms with Crippen LogP contribution in [0.3, 0.4) is 0 Å². The van der Waals surface area contributed by atoms with E-state index in [4.69, 9.17) is 14.5 Å². The Kier molecular flexibility index (Phi) is 9.82. The lowest BCUT2D eigenvalue weighted by Gasteiger charge is -2.41. The van der Waals surface area contributed by atoms with Crippen LogP contribution in [-0.4, -0.2) is 73.2 Å². The number of unbranched alkanes of at least 4 members (excludes halogenated alkanes) is 1. The molecule has 0 bridgehead atoms. The average molecular weight is 510 g/mol. The molecule has 0 radical (unpaired) electrons. The number of ether oxygens (including phenoxy) is 2. The standard InChI is InChI=1S/C27H39N7O3/c1-7-9-10-25(33-16-15-32(18-21(33)3)26(35)37-27(4,5)6)28-17-24(8-2)36-19-22-11-13-23(14-12-22)34-20-29-30-31-34/h8,11-14,17,20-21H,2,7,9-10,15-16,18-19H2,1,3-6H3/b24-17+,28-25?. The zero-order chi connectivity index (χ0) is 26.8. The van der Waals surface area contributed by atoms with E-state index < -0.39 is 5.60 Å². The molecule has 3 rings (SSSR count). The zero-order valence-electron chi connectivity index (χ0n) is 22.6. The highest BCUT2D eigenvalue weighted by Gasteiger charge is 2.31. The highest BCUT2D eigenvalue weighted by atomic mass is 16.6. The molecule has 200 valence electrons. The predicted octanol–water partition coefficient (Wildman–Crippen LogP) is 4.74. The Balaban J connectivity index is 1.64. The Bertz CT molecular complexity index is 1070. The molecule has 1 unspecified atom stereocenters. The lowest BCUT2D eigenvalue weighted by molar-refractivity contribution is 0.0132. The molecule has 0 spiro atoms. The highest BCUT2D eigenvalue weighted by Crippen LogP contribution is 2.18. The van der Waals surface area contributed by atoms with Crippen LogP contribution in [0.15, 0.2) is 60.2 Å². The number of hydrogen-bond donors (Lipinski definition) is 0. The summed E-state index contributed by atoms with van der Waals surface area (Å²) in [5.41, 5.74) is 1.37. The number of benzene rings is 1. The Hall–Kier alpha value is -3.69. The van der Waals surface area contributed by atoms with Crippen molar-refractivity contribution in [1.29, 1.82) is 0 Å². The number of amides is 1. The second-order valence-corrected chi connectivity index (χ2v) is 10.1. The van der Waals surface area contributed by atoms with Gasteiger partial charge in [-0.3, -0.25) is 0 Å². The summed E-state index contributed by atoms with van der Waals surface area (Å²) in [5, 5.41) is 11.2. The van der Waals surface area contributed by atoms with Crippen LogP contribution in [-0.2, 0) is 16.1 Å². The van der Waals surface area contributed by atoms with Crippen molar-refractivity contribution in [1.82, 2.24) is 30.0 Å². The number of carbonyl (C=O) groups excluding carboxylic acids is 1. The van der Waals surface area contributed by atoms with E-state index in [9.17, 15) is 4.79 Å². The molecule has 0 N–H and O–H groups in total. The quantitative estimate of drug-likeness (QED) is 0.208. The first-order valence-electron chi connectivity index (χ1n) is 12.8. The van der Waals surface area contributed by atoms with Gasteiger partial charge in [-0.05, 0) is 68.3 Å². The molecule has 10 heteroatoms. The molecule has 2 heterocycles. The van der Waals surface area contributed by atoms with Gasteiger partial charge in [0.25, 0.3) is 0 Å². The number of rotatable bonds is 9. The number of allylic oxidation sites excluding steroid dienone is 1. The third kappa shape index (κ3) is 8.44. The molecule has 0 aliphatic carbocycles. The van der Waals surface area contributed by atoms with Crippen LogP contribution < -0.4 is 0 Å². The molecule has 1 saturated heterocycles. The fraction of sp³-hybridized carbons (Fsp3) is 0.519. The lowest BCUT2D eigenvalue weighted by atomic mass is 10.1. The first-order chi connectivity index (χ1) is 17.7. The Labute approximate surface area is 219 Å². The molecule has 0 saturated carbocycles. The summed E-state index contributed by atoms with van der Waals surface area (Å²) in [5.74, 6) is 1.59. The van der Waals surface area contributed by atoms with Crippen molar-refractivity contribution in [2.24, 2.45) is 4.99 Å². The summed E-state index contributed by atoms with van der Waals surface area (Å²) in [4.78, 5) is 21.4. The molecule has 10 nitrogen and oxygen atoms in total. The van der Waals surface area contributed by atoms with Crippen LogP contribution in [0.4, 0.5) is 4.79 Å². The predicted molar refractivity (Wildman–Crippen MR) is 143 cm³/mol. The van der Waals surface area contributed by atoms with Crippen molar-refractivity contribution in [3.05, 3.63) is 60.8 Å². The van der Waals surface area contributed by atoms with Crippen LogP contribution in [0, 0.1) is 0 Å². The fourth-order valence-electron chi connectivity index (χ4n) is 3.93. The third-order valence-corrected chi connectivity index (χ3v) is 5.86. The molecule has 37 heavy (non-hydrogen) atoms. The molecule has 1 aliphatic heterocycles. The third-order valence-electron chi connectivity index (χ3n) is 5.86. The molecule has 1 amide bonds. The normalized spacial score (nSPS) is 17.1. The lowest BCUT2D eigenvalue weighted by Crippen LogP contribution is -2.56. The van der Waals surface area contributed by atoms with E-state index in [1.165, 1.54) is 0 Å². The minimum Gasteiger partial charge on any atom is -0.487 e. The van der Waals surface area contributed by atoms with Crippen LogP contribution >= 0.6 is 0 Å². The van der Waals surface area contributed by atoms with E-state index in [0.717, 1.165) is 36.3 Å². The van der Waals surface area contributed by atoms with Gasteiger partial charge in [0.05, 0.1) is 11.9 Å². The summed E-state index contributed by atoms with van der Waals surface area (Å²) < 4.78 is 13.1. The van der Waals surface area contributed by atoms with E-state index in [1.54, 1.807) is 28.2 Å². The van der Waals surface area contributed by atoms with Crippen molar-refractivity contribution >= 4 is 11.9 Å². The summed E-state index contributed by atoms with van der Waals surface area (Å²) in [7, 11) is 0. The van der Waals surface area contributed by atoms with E-state index in [1.807, 2.05) is 45.0 Å². The maximum Gasteiger partial charge on any atom is 0.410 e. The van der Waals surface area contributed by atoms with Crippen molar-refractivity contribution in [2.75, 3.05) is 19.6 Å². The number of amidine groups is 1. The molecule has 1 fully saturated rings. The topological polar surface area (TPSA) is 98.0 Å². The number of piperazine rings is 1. The SMILES string of the molecule is C=C/C(=C\N=C(CCCC)N1CCN(C(=O)OC(C)(C)C)CC1C)OCc1ccc(-n2cnnn2)cc1. The van der Waals surface area contributed by atoms with Gasteiger partial charge in [0.15, 0.2) is 0 Å². The van der Waals surface area contributed by atoms with Crippen LogP contribution in [0.25, 0.3) is 5.69 Å². The van der Waals surface area contributed by atoms with Gasteiger partial charge in [0, 0.05) is 32.1 Å². The second kappa shape index (κ2) is 13.0. The van der Waals surface area contributed by atoms with Gasteiger partial charge in [-0.1, -0.05) is 32.1 Å². The maximum atomic E-state index is 12.5. The van der Waals surface area contributed by atoms with Gasteiger partial charge in [-0.2, -0.15) is 0 Å². The van der Waals surface area contributed by atoms with Gasteiger partial charge in [0.2, 0.25) is 0 Å². The van der Waals surface area contributed by atoms with E-state index in [0.29, 0.717) is 32.0 Å². The molecular formula is C27H39N7O3. The zero-order valence-corrected chi connectivity index (χ0v) is 22.6. The minimum absolute atomic E-state index is 0.122. The molecular weight excluding hydrogens is 470 g/mol. The van der Waals surface area contributed by atoms with Crippen LogP contribution in [0.5, 0.6) is 0 Å². The Morgan fingerprint density at radius 2 is 2.00 bits per heavy atom. The van der Waals surface area contributed by atoms with Gasteiger partial charge < -0.3 is 19.3 Å². The largest absolute Gasteiger partial charge is 0.487 e. The monoisotopic (exact) mass is 509 g/mol. The van der Waals surface area contributed by atoms with Gasteiger partial charge in [-0.25, -0.2) is 14.5 Å².